The zero-order valence-corrected chi connectivity index (χ0v) is 21.1. The molecular formula is C26H26F3NO7S. The molecule has 0 N–H and O–H groups in total. The summed E-state index contributed by atoms with van der Waals surface area (Å²) in [5, 5.41) is 0.456. The van der Waals surface area contributed by atoms with E-state index >= 15 is 0 Å². The minimum absolute atomic E-state index is 0.0443. The van der Waals surface area contributed by atoms with E-state index in [2.05, 4.69) is 11.6 Å². The van der Waals surface area contributed by atoms with Gasteiger partial charge in [-0.25, -0.2) is 23.0 Å². The van der Waals surface area contributed by atoms with E-state index in [9.17, 15) is 31.2 Å². The first-order valence-corrected chi connectivity index (χ1v) is 13.3. The first-order chi connectivity index (χ1) is 18.0. The lowest BCUT2D eigenvalue weighted by atomic mass is 10.1. The van der Waals surface area contributed by atoms with E-state index in [1.54, 1.807) is 0 Å². The van der Waals surface area contributed by atoms with Crippen LogP contribution in [0.5, 0.6) is 5.88 Å². The van der Waals surface area contributed by atoms with Crippen LogP contribution < -0.4 is 10.4 Å². The molecule has 38 heavy (non-hydrogen) atoms. The minimum atomic E-state index is -5.49. The number of rotatable bonds is 13. The second-order valence-corrected chi connectivity index (χ2v) is 10.3. The molecule has 3 rings (SSSR count). The van der Waals surface area contributed by atoms with Crippen LogP contribution >= 0.6 is 0 Å². The third kappa shape index (κ3) is 7.44. The molecule has 1 aromatic carbocycles. The van der Waals surface area contributed by atoms with Gasteiger partial charge in [-0.05, 0) is 36.6 Å². The molecule has 0 atom stereocenters. The molecule has 0 spiro atoms. The average molecular weight is 554 g/mol. The van der Waals surface area contributed by atoms with Crippen LogP contribution in [0.2, 0.25) is 0 Å². The van der Waals surface area contributed by atoms with Crippen LogP contribution in [0, 0.1) is 0 Å². The van der Waals surface area contributed by atoms with Crippen molar-refractivity contribution in [2.45, 2.75) is 48.9 Å². The summed E-state index contributed by atoms with van der Waals surface area (Å²) in [4.78, 5) is 26.7. The Kier molecular flexibility index (Phi) is 9.67. The Hall–Kier alpha value is -3.67. The lowest BCUT2D eigenvalue weighted by molar-refractivity contribution is -0.137. The van der Waals surface area contributed by atoms with Crippen molar-refractivity contribution in [3.05, 3.63) is 65.7 Å². The number of ether oxygens (including phenoxy) is 2. The third-order valence-electron chi connectivity index (χ3n) is 5.57. The summed E-state index contributed by atoms with van der Waals surface area (Å²) in [5.74, 6) is -0.138. The Bertz CT molecular complexity index is 1430. The molecule has 0 radical (unpaired) electrons. The lowest BCUT2D eigenvalue weighted by Crippen LogP contribution is -2.23. The number of fused-ring (bicyclic) bond motifs is 1. The quantitative estimate of drug-likeness (QED) is 0.153. The van der Waals surface area contributed by atoms with E-state index in [0.717, 1.165) is 68.9 Å². The standard InChI is InChI=1S/C26H26F3NO7S/c1-2-24(31)36-14-8-6-4-3-5-7-13-35-23-16-22-19(17-30-23)15-21(25(32)37-22)18-9-11-20(12-10-18)38(33,34)26(27,28)29/h2,9-12,15-17H,1,3-8,13-14H2. The van der Waals surface area contributed by atoms with Crippen molar-refractivity contribution < 1.29 is 40.3 Å². The normalized spacial score (nSPS) is 11.9. The van der Waals surface area contributed by atoms with Crippen molar-refractivity contribution >= 4 is 26.8 Å². The Morgan fingerprint density at radius 1 is 1.00 bits per heavy atom. The summed E-state index contributed by atoms with van der Waals surface area (Å²) in [6.07, 6.45) is 8.09. The molecule has 0 aliphatic heterocycles. The Labute approximate surface area is 217 Å². The van der Waals surface area contributed by atoms with Crippen LogP contribution in [0.4, 0.5) is 13.2 Å². The molecule has 12 heteroatoms. The van der Waals surface area contributed by atoms with Crippen LogP contribution in [0.15, 0.2) is 69.4 Å². The van der Waals surface area contributed by atoms with E-state index in [0.29, 0.717) is 18.6 Å². The van der Waals surface area contributed by atoms with Gasteiger partial charge in [-0.2, -0.15) is 13.2 Å². The zero-order chi connectivity index (χ0) is 27.8. The monoisotopic (exact) mass is 553 g/mol. The second-order valence-electron chi connectivity index (χ2n) is 8.32. The molecular weight excluding hydrogens is 527 g/mol. The number of halogens is 3. The predicted molar refractivity (Wildman–Crippen MR) is 133 cm³/mol. The number of unbranched alkanes of at least 4 members (excludes halogenated alkanes) is 5. The highest BCUT2D eigenvalue weighted by Gasteiger charge is 2.46. The molecule has 0 unspecified atom stereocenters. The van der Waals surface area contributed by atoms with Gasteiger partial charge in [0.15, 0.2) is 0 Å². The molecule has 0 amide bonds. The number of sulfone groups is 1. The highest BCUT2D eigenvalue weighted by molar-refractivity contribution is 7.92. The predicted octanol–water partition coefficient (Wildman–Crippen LogP) is 5.60. The number of benzene rings is 1. The lowest BCUT2D eigenvalue weighted by Gasteiger charge is -2.09. The maximum absolute atomic E-state index is 12.7. The molecule has 0 saturated heterocycles. The van der Waals surface area contributed by atoms with Gasteiger partial charge >= 0.3 is 17.1 Å². The summed E-state index contributed by atoms with van der Waals surface area (Å²) in [6.45, 7) is 4.14. The van der Waals surface area contributed by atoms with Crippen LogP contribution in [-0.4, -0.2) is 38.1 Å². The Morgan fingerprint density at radius 3 is 2.26 bits per heavy atom. The van der Waals surface area contributed by atoms with E-state index in [1.165, 1.54) is 18.3 Å². The minimum Gasteiger partial charge on any atom is -0.478 e. The SMILES string of the molecule is C=CC(=O)OCCCCCCCCOc1cc2oc(=O)c(-c3ccc(S(=O)(=O)C(F)(F)F)cc3)cc2cn1. The highest BCUT2D eigenvalue weighted by Crippen LogP contribution is 2.31. The summed E-state index contributed by atoms with van der Waals surface area (Å²) in [6, 6.07) is 6.74. The fourth-order valence-electron chi connectivity index (χ4n) is 3.54. The van der Waals surface area contributed by atoms with Gasteiger partial charge in [-0.15, -0.1) is 0 Å². The number of hydrogen-bond acceptors (Lipinski definition) is 8. The fourth-order valence-corrected chi connectivity index (χ4v) is 4.30. The largest absolute Gasteiger partial charge is 0.501 e. The van der Waals surface area contributed by atoms with Gasteiger partial charge in [0.2, 0.25) is 5.88 Å². The maximum atomic E-state index is 12.7. The molecule has 204 valence electrons. The number of carbonyl (C=O) groups excluding carboxylic acids is 1. The van der Waals surface area contributed by atoms with Crippen LogP contribution in [0.1, 0.15) is 38.5 Å². The molecule has 2 heterocycles. The Balaban J connectivity index is 1.53. The molecule has 0 fully saturated rings. The third-order valence-corrected chi connectivity index (χ3v) is 7.07. The number of hydrogen-bond donors (Lipinski definition) is 0. The van der Waals surface area contributed by atoms with Gasteiger partial charge in [0.25, 0.3) is 9.84 Å². The van der Waals surface area contributed by atoms with Crippen LogP contribution in [0.25, 0.3) is 22.1 Å². The second kappa shape index (κ2) is 12.7. The van der Waals surface area contributed by atoms with Crippen molar-refractivity contribution in [1.82, 2.24) is 4.98 Å². The first kappa shape index (κ1) is 28.9. The average Bonchev–Trinajstić information content (AvgIpc) is 2.88. The van der Waals surface area contributed by atoms with Gasteiger partial charge in [0.1, 0.15) is 5.58 Å². The van der Waals surface area contributed by atoms with Crippen LogP contribution in [-0.2, 0) is 19.4 Å². The molecule has 8 nitrogen and oxygen atoms in total. The maximum Gasteiger partial charge on any atom is 0.501 e. The Morgan fingerprint density at radius 2 is 1.63 bits per heavy atom. The molecule has 2 aromatic heterocycles. The van der Waals surface area contributed by atoms with Gasteiger partial charge in [-0.1, -0.05) is 44.4 Å². The van der Waals surface area contributed by atoms with E-state index in [1.807, 2.05) is 0 Å². The van der Waals surface area contributed by atoms with Crippen molar-refractivity contribution in [3.63, 3.8) is 0 Å². The van der Waals surface area contributed by atoms with Crippen molar-refractivity contribution in [3.8, 4) is 17.0 Å². The topological polar surface area (TPSA) is 113 Å². The van der Waals surface area contributed by atoms with Crippen molar-refractivity contribution in [1.29, 1.82) is 0 Å². The van der Waals surface area contributed by atoms with Gasteiger partial charge in [-0.3, -0.25) is 0 Å². The summed E-state index contributed by atoms with van der Waals surface area (Å²) in [5.41, 5.74) is -5.72. The summed E-state index contributed by atoms with van der Waals surface area (Å²) < 4.78 is 77.2. The van der Waals surface area contributed by atoms with E-state index in [-0.39, 0.29) is 22.6 Å². The number of aromatic nitrogens is 1. The highest BCUT2D eigenvalue weighted by atomic mass is 32.2. The van der Waals surface area contributed by atoms with Crippen molar-refractivity contribution in [2.24, 2.45) is 0 Å². The molecule has 3 aromatic rings. The van der Waals surface area contributed by atoms with Gasteiger partial charge in [0.05, 0.1) is 23.7 Å². The summed E-state index contributed by atoms with van der Waals surface area (Å²) >= 11 is 0. The van der Waals surface area contributed by atoms with E-state index in [4.69, 9.17) is 13.9 Å². The smallest absolute Gasteiger partial charge is 0.478 e. The summed E-state index contributed by atoms with van der Waals surface area (Å²) in [7, 11) is -5.49. The first-order valence-electron chi connectivity index (χ1n) is 11.8. The number of alkyl halides is 3. The molecule has 0 bridgehead atoms. The number of pyridine rings is 1. The molecule has 0 saturated carbocycles. The fraction of sp³-hybridized carbons (Fsp3) is 0.346. The van der Waals surface area contributed by atoms with Gasteiger partial charge in [0, 0.05) is 23.7 Å². The molecule has 0 aliphatic rings. The number of nitrogens with zero attached hydrogens (tertiary/aromatic N) is 1. The molecule has 0 aliphatic carbocycles. The van der Waals surface area contributed by atoms with Crippen molar-refractivity contribution in [2.75, 3.05) is 13.2 Å². The van der Waals surface area contributed by atoms with E-state index < -0.39 is 31.8 Å². The zero-order valence-electron chi connectivity index (χ0n) is 20.3. The van der Waals surface area contributed by atoms with Crippen LogP contribution in [0.3, 0.4) is 0 Å². The number of esters is 1. The number of carbonyl (C=O) groups is 1. The van der Waals surface area contributed by atoms with Gasteiger partial charge < -0.3 is 13.9 Å².